The van der Waals surface area contributed by atoms with E-state index in [0.29, 0.717) is 0 Å². The Bertz CT molecular complexity index is 675. The van der Waals surface area contributed by atoms with Crippen molar-refractivity contribution in [2.24, 2.45) is 0 Å². The van der Waals surface area contributed by atoms with Crippen LogP contribution in [0.5, 0.6) is 0 Å². The Morgan fingerprint density at radius 2 is 1.23 bits per heavy atom. The van der Waals surface area contributed by atoms with Crippen LogP contribution in [0.2, 0.25) is 5.02 Å². The summed E-state index contributed by atoms with van der Waals surface area (Å²) in [5.74, 6) is 1.33. The van der Waals surface area contributed by atoms with Crippen LogP contribution >= 0.6 is 11.6 Å². The van der Waals surface area contributed by atoms with E-state index in [1.807, 2.05) is 12.1 Å². The molecule has 0 saturated carbocycles. The van der Waals surface area contributed by atoms with Gasteiger partial charge in [0.1, 0.15) is 18.9 Å². The summed E-state index contributed by atoms with van der Waals surface area (Å²) in [6.07, 6.45) is 24.2. The monoisotopic (exact) mass is 431 g/mol. The second-order valence-corrected chi connectivity index (χ2v) is 9.33. The predicted octanol–water partition coefficient (Wildman–Crippen LogP) is 8.27. The molecular formula is C27H44ClN2+. The van der Waals surface area contributed by atoms with E-state index >= 15 is 0 Å². The molecule has 0 aliphatic carbocycles. The Morgan fingerprint density at radius 1 is 0.733 bits per heavy atom. The zero-order valence-corrected chi connectivity index (χ0v) is 20.3. The Balaban J connectivity index is 1.47. The normalized spacial score (nSPS) is 11.3. The number of imidazole rings is 1. The fourth-order valence-electron chi connectivity index (χ4n) is 4.21. The van der Waals surface area contributed by atoms with Gasteiger partial charge in [0.15, 0.2) is 0 Å². The number of benzene rings is 1. The molecule has 0 amide bonds. The van der Waals surface area contributed by atoms with Gasteiger partial charge in [-0.15, -0.1) is 0 Å². The first-order valence-corrected chi connectivity index (χ1v) is 12.9. The van der Waals surface area contributed by atoms with E-state index in [0.717, 1.165) is 18.1 Å². The molecule has 0 bridgehead atoms. The van der Waals surface area contributed by atoms with Gasteiger partial charge in [0.25, 0.3) is 5.82 Å². The van der Waals surface area contributed by atoms with Gasteiger partial charge in [-0.1, -0.05) is 108 Å². The lowest BCUT2D eigenvalue weighted by molar-refractivity contribution is -0.694. The van der Waals surface area contributed by atoms with Gasteiger partial charge in [0.2, 0.25) is 0 Å². The van der Waals surface area contributed by atoms with Crippen molar-refractivity contribution in [1.82, 2.24) is 4.57 Å². The number of nitrogens with zero attached hydrogens (tertiary/aromatic N) is 2. The zero-order chi connectivity index (χ0) is 21.4. The van der Waals surface area contributed by atoms with Crippen LogP contribution in [-0.2, 0) is 13.1 Å². The molecule has 1 aromatic carbocycles. The average molecular weight is 432 g/mol. The highest BCUT2D eigenvalue weighted by Gasteiger charge is 2.12. The highest BCUT2D eigenvalue weighted by Crippen LogP contribution is 2.13. The summed E-state index contributed by atoms with van der Waals surface area (Å²) in [4.78, 5) is 0. The second-order valence-electron chi connectivity index (χ2n) is 8.89. The van der Waals surface area contributed by atoms with E-state index in [4.69, 9.17) is 11.6 Å². The minimum atomic E-state index is 0.802. The molecule has 1 aromatic heterocycles. The van der Waals surface area contributed by atoms with Crippen molar-refractivity contribution in [2.75, 3.05) is 0 Å². The van der Waals surface area contributed by atoms with Gasteiger partial charge >= 0.3 is 0 Å². The largest absolute Gasteiger partial charge is 0.253 e. The SMILES string of the molecule is CCCCCCCCCCCCCCCCn1cc[n+](Cc2ccc(Cl)cc2)c1C. The van der Waals surface area contributed by atoms with Crippen molar-refractivity contribution in [3.8, 4) is 0 Å². The van der Waals surface area contributed by atoms with Gasteiger partial charge in [-0.25, -0.2) is 9.13 Å². The van der Waals surface area contributed by atoms with Crippen LogP contribution in [0.3, 0.4) is 0 Å². The Labute approximate surface area is 190 Å². The molecule has 2 aromatic rings. The van der Waals surface area contributed by atoms with Gasteiger partial charge in [0, 0.05) is 11.9 Å². The van der Waals surface area contributed by atoms with Crippen LogP contribution in [-0.4, -0.2) is 4.57 Å². The molecule has 2 nitrogen and oxygen atoms in total. The van der Waals surface area contributed by atoms with Gasteiger partial charge in [-0.05, 0) is 30.5 Å². The maximum absolute atomic E-state index is 5.99. The molecule has 0 aliphatic heterocycles. The van der Waals surface area contributed by atoms with Crippen molar-refractivity contribution < 1.29 is 4.57 Å². The fourth-order valence-corrected chi connectivity index (χ4v) is 4.33. The summed E-state index contributed by atoms with van der Waals surface area (Å²) in [6.45, 7) is 6.56. The number of aryl methyl sites for hydroxylation is 1. The van der Waals surface area contributed by atoms with Crippen LogP contribution < -0.4 is 4.57 Å². The summed E-state index contributed by atoms with van der Waals surface area (Å²) >= 11 is 5.99. The first kappa shape index (κ1) is 25.0. The summed E-state index contributed by atoms with van der Waals surface area (Å²) in [5, 5.41) is 0.802. The summed E-state index contributed by atoms with van der Waals surface area (Å²) < 4.78 is 4.73. The summed E-state index contributed by atoms with van der Waals surface area (Å²) in [5.41, 5.74) is 1.29. The van der Waals surface area contributed by atoms with Crippen molar-refractivity contribution in [2.45, 2.75) is 117 Å². The molecule has 30 heavy (non-hydrogen) atoms. The lowest BCUT2D eigenvalue weighted by Crippen LogP contribution is -2.36. The predicted molar refractivity (Wildman–Crippen MR) is 130 cm³/mol. The van der Waals surface area contributed by atoms with Crippen LogP contribution in [0.4, 0.5) is 0 Å². The number of aromatic nitrogens is 2. The second kappa shape index (κ2) is 15.5. The van der Waals surface area contributed by atoms with Crippen molar-refractivity contribution in [3.63, 3.8) is 0 Å². The molecular weight excluding hydrogens is 388 g/mol. The quantitative estimate of drug-likeness (QED) is 0.176. The topological polar surface area (TPSA) is 8.81 Å². The van der Waals surface area contributed by atoms with E-state index in [2.05, 4.69) is 47.5 Å². The van der Waals surface area contributed by atoms with Crippen molar-refractivity contribution in [1.29, 1.82) is 0 Å². The molecule has 0 saturated heterocycles. The molecule has 0 radical (unpaired) electrons. The van der Waals surface area contributed by atoms with Crippen LogP contribution in [0.25, 0.3) is 0 Å². The van der Waals surface area contributed by atoms with Crippen LogP contribution in [0.1, 0.15) is 108 Å². The molecule has 2 rings (SSSR count). The van der Waals surface area contributed by atoms with Gasteiger partial charge < -0.3 is 0 Å². The number of hydrogen-bond acceptors (Lipinski definition) is 0. The highest BCUT2D eigenvalue weighted by atomic mass is 35.5. The van der Waals surface area contributed by atoms with Crippen LogP contribution in [0, 0.1) is 6.92 Å². The highest BCUT2D eigenvalue weighted by molar-refractivity contribution is 6.30. The lowest BCUT2D eigenvalue weighted by atomic mass is 10.0. The third kappa shape index (κ3) is 10.2. The Hall–Kier alpha value is -1.28. The maximum Gasteiger partial charge on any atom is 0.253 e. The van der Waals surface area contributed by atoms with Gasteiger partial charge in [-0.3, -0.25) is 0 Å². The molecule has 0 spiro atoms. The van der Waals surface area contributed by atoms with E-state index in [1.54, 1.807) is 0 Å². The molecule has 0 atom stereocenters. The summed E-state index contributed by atoms with van der Waals surface area (Å²) in [7, 11) is 0. The third-order valence-corrected chi connectivity index (χ3v) is 6.53. The number of rotatable bonds is 17. The van der Waals surface area contributed by atoms with Crippen LogP contribution in [0.15, 0.2) is 36.7 Å². The first-order valence-electron chi connectivity index (χ1n) is 12.5. The lowest BCUT2D eigenvalue weighted by Gasteiger charge is -2.04. The van der Waals surface area contributed by atoms with E-state index < -0.39 is 0 Å². The molecule has 1 heterocycles. The number of unbranched alkanes of at least 4 members (excludes halogenated alkanes) is 13. The van der Waals surface area contributed by atoms with Gasteiger partial charge in [-0.2, -0.15) is 0 Å². The Morgan fingerprint density at radius 3 is 1.77 bits per heavy atom. The Kier molecular flexibility index (Phi) is 12.9. The molecule has 0 unspecified atom stereocenters. The zero-order valence-electron chi connectivity index (χ0n) is 19.6. The van der Waals surface area contributed by atoms with Crippen molar-refractivity contribution in [3.05, 3.63) is 53.1 Å². The van der Waals surface area contributed by atoms with E-state index in [9.17, 15) is 0 Å². The number of halogens is 1. The molecule has 0 N–H and O–H groups in total. The van der Waals surface area contributed by atoms with E-state index in [1.165, 1.54) is 101 Å². The molecule has 3 heteroatoms. The van der Waals surface area contributed by atoms with Crippen molar-refractivity contribution >= 4 is 11.6 Å². The fraction of sp³-hybridized carbons (Fsp3) is 0.667. The minimum absolute atomic E-state index is 0.802. The molecule has 0 fully saturated rings. The first-order chi connectivity index (χ1) is 14.7. The van der Waals surface area contributed by atoms with Gasteiger partial charge in [0.05, 0.1) is 6.54 Å². The average Bonchev–Trinajstić information content (AvgIpc) is 3.09. The minimum Gasteiger partial charge on any atom is -0.234 e. The van der Waals surface area contributed by atoms with E-state index in [-0.39, 0.29) is 0 Å². The number of hydrogen-bond donors (Lipinski definition) is 0. The standard InChI is InChI=1S/C27H44ClN2/c1-3-4-5-6-7-8-9-10-11-12-13-14-15-16-21-29-22-23-30(25(29)2)24-26-17-19-27(28)20-18-26/h17-20,22-23H,3-16,21,24H2,1-2H3/q+1. The molecule has 168 valence electrons. The maximum atomic E-state index is 5.99. The molecule has 0 aliphatic rings. The third-order valence-electron chi connectivity index (χ3n) is 6.28. The summed E-state index contributed by atoms with van der Waals surface area (Å²) in [6, 6.07) is 8.16. The smallest absolute Gasteiger partial charge is 0.234 e.